The van der Waals surface area contributed by atoms with Gasteiger partial charge in [-0.1, -0.05) is 347 Å². The number of hydrogen-bond acceptors (Lipinski definition) is 7. The van der Waals surface area contributed by atoms with Gasteiger partial charge >= 0.3 is 0 Å². The molecule has 22 aromatic carbocycles. The van der Waals surface area contributed by atoms with Crippen LogP contribution >= 0.6 is 18.8 Å². The van der Waals surface area contributed by atoms with E-state index in [2.05, 4.69) is 611 Å². The number of benzene rings is 22. The predicted molar refractivity (Wildman–Crippen MR) is 598 cm³/mol. The Labute approximate surface area is 815 Å². The van der Waals surface area contributed by atoms with E-state index in [-0.39, 0.29) is 7.43 Å². The van der Waals surface area contributed by atoms with Gasteiger partial charge in [0.15, 0.2) is 0 Å². The van der Waals surface area contributed by atoms with Crippen molar-refractivity contribution in [3.63, 3.8) is 0 Å². The zero-order valence-electron chi connectivity index (χ0n) is 77.7. The average molecular weight is 1800 g/mol. The van der Waals surface area contributed by atoms with Crippen molar-refractivity contribution in [2.75, 3.05) is 29.4 Å². The average Bonchev–Trinajstić information content (AvgIpc) is 0.769. The molecule has 0 saturated heterocycles. The van der Waals surface area contributed by atoms with E-state index < -0.39 is 9.79 Å². The van der Waals surface area contributed by atoms with Crippen LogP contribution in [0.2, 0.25) is 0 Å². The fourth-order valence-electron chi connectivity index (χ4n) is 17.9. The van der Waals surface area contributed by atoms with E-state index in [1.165, 1.54) is 87.6 Å². The molecule has 137 heavy (non-hydrogen) atoms. The topological polar surface area (TPSA) is 31.8 Å². The maximum Gasteiger partial charge on any atom is 0.265 e. The minimum Gasteiger partial charge on any atom is -0.344 e. The van der Waals surface area contributed by atoms with Crippen LogP contribution in [-0.4, -0.2) is 10.5 Å². The van der Waals surface area contributed by atoms with E-state index in [1.807, 2.05) is 0 Å². The summed E-state index contributed by atoms with van der Waals surface area (Å²) in [6.45, 7) is 4.27. The Morgan fingerprint density at radius 1 is 0.204 bits per heavy atom. The molecular weight excluding hydrogens is 1700 g/mol. The Morgan fingerprint density at radius 2 is 0.380 bits per heavy atom. The number of hydrogen-bond donors (Lipinski definition) is 0. The molecule has 7 nitrogen and oxygen atoms in total. The zero-order valence-corrected chi connectivity index (χ0v) is 77.7. The van der Waals surface area contributed by atoms with Crippen molar-refractivity contribution in [2.45, 2.75) is 21.3 Å². The molecule has 0 aliphatic heterocycles. The second-order valence-electron chi connectivity index (χ2n) is 33.2. The first-order valence-corrected chi connectivity index (χ1v) is 46.0. The fourth-order valence-corrected chi connectivity index (χ4v) is 17.9. The summed E-state index contributed by atoms with van der Waals surface area (Å²) in [4.78, 5) is 13.9. The first kappa shape index (κ1) is 89.5. The summed E-state index contributed by atoms with van der Waals surface area (Å²) in [6, 6.07) is 195. The number of fused-ring (bicyclic) bond motifs is 4. The smallest absolute Gasteiger partial charge is 0.265 e. The van der Waals surface area contributed by atoms with Gasteiger partial charge in [0.2, 0.25) is 0 Å². The number of nitrogens with zero attached hydrogens (tertiary/aromatic N) is 7. The lowest BCUT2D eigenvalue weighted by molar-refractivity contribution is 1.27. The van der Waals surface area contributed by atoms with E-state index >= 15 is 0 Å². The van der Waals surface area contributed by atoms with Crippen LogP contribution < -0.4 is 29.4 Å². The lowest BCUT2D eigenvalue weighted by Gasteiger charge is -2.27. The second-order valence-corrected chi connectivity index (χ2v) is 33.4. The third kappa shape index (κ3) is 21.3. The molecule has 2 radical (unpaired) electrons. The van der Waals surface area contributed by atoms with Gasteiger partial charge < -0.3 is 34.1 Å². The highest BCUT2D eigenvalue weighted by atomic mass is 31.0. The number of rotatable bonds is 21. The number of para-hydroxylation sites is 6. The summed E-state index contributed by atoms with van der Waals surface area (Å²) in [7, 11) is 6.56. The van der Waals surface area contributed by atoms with E-state index in [0.29, 0.717) is 0 Å². The van der Waals surface area contributed by atoms with E-state index in [9.17, 15) is 0 Å². The minimum atomic E-state index is -0.417. The molecule has 0 heterocycles. The van der Waals surface area contributed by atoms with Crippen LogP contribution in [0.3, 0.4) is 0 Å². The van der Waals surface area contributed by atoms with Gasteiger partial charge in [0.1, 0.15) is 0 Å². The highest BCUT2D eigenvalue weighted by Crippen LogP contribution is 2.46. The predicted octanol–water partition coefficient (Wildman–Crippen LogP) is 37.2. The Balaban J connectivity index is 0.000000140. The quantitative estimate of drug-likeness (QED) is 0.0527. The minimum absolute atomic E-state index is 0. The summed E-state index contributed by atoms with van der Waals surface area (Å²) < 4.78 is 14.6. The van der Waals surface area contributed by atoms with Gasteiger partial charge in [0.25, 0.3) is 7.98 Å². The zero-order chi connectivity index (χ0) is 94.1. The van der Waals surface area contributed by atoms with E-state index in [4.69, 9.17) is 2.56 Å². The van der Waals surface area contributed by atoms with Crippen molar-refractivity contribution >= 4 is 172 Å². The highest BCUT2D eigenvalue weighted by molar-refractivity contribution is 7.05. The second kappa shape index (κ2) is 44.2. The third-order valence-corrected chi connectivity index (χ3v) is 24.4. The van der Waals surface area contributed by atoms with Crippen LogP contribution in [0.15, 0.2) is 551 Å². The Bertz CT molecular complexity index is 7270. The van der Waals surface area contributed by atoms with E-state index in [1.54, 1.807) is 0 Å². The normalized spacial score (nSPS) is 10.9. The van der Waals surface area contributed by atoms with Gasteiger partial charge in [0.05, 0.1) is 13.9 Å². The van der Waals surface area contributed by atoms with Crippen molar-refractivity contribution in [3.05, 3.63) is 557 Å². The van der Waals surface area contributed by atoms with Gasteiger partial charge in [-0.25, -0.2) is 0 Å². The molecule has 0 amide bonds. The third-order valence-electron chi connectivity index (χ3n) is 24.4. The molecular formula is C127H104BN7P2. The molecule has 10 heteroatoms. The van der Waals surface area contributed by atoms with Crippen molar-refractivity contribution in [1.29, 1.82) is 2.56 Å². The van der Waals surface area contributed by atoms with Crippen LogP contribution in [0.1, 0.15) is 18.6 Å². The summed E-state index contributed by atoms with van der Waals surface area (Å²) in [6.07, 6.45) is 0. The van der Waals surface area contributed by atoms with Gasteiger partial charge in [-0.3, -0.25) is 0 Å². The molecule has 22 rings (SSSR count). The van der Waals surface area contributed by atoms with Crippen molar-refractivity contribution in [3.8, 4) is 33.4 Å². The number of aryl methyl sites for hydroxylation is 2. The van der Waals surface area contributed by atoms with Crippen LogP contribution in [0.5, 0.6) is 0 Å². The first-order chi connectivity index (χ1) is 68.1. The van der Waals surface area contributed by atoms with Crippen LogP contribution in [-0.2, 0) is 0 Å². The molecule has 0 spiro atoms. The molecule has 660 valence electrons. The maximum atomic E-state index is 5.90. The van der Waals surface area contributed by atoms with Crippen LogP contribution in [0, 0.1) is 13.8 Å². The van der Waals surface area contributed by atoms with Gasteiger partial charge in [-0.05, 0) is 306 Å². The first-order valence-electron chi connectivity index (χ1n) is 46.6. The standard InChI is InChI=1S/2C44H32N2.C38H32N2.CH4.BHNP.H3P/c1-3-17-37(18-4-1)45(43-23-11-15-35-13-7-9-21-41(35)43)39-29-25-33(26-30-39)34-27-31-40(32-28-34)46(38-19-5-2-6-20-38)44-24-12-16-36-14-8-10-22-42(36)44;1-3-15-39(16-4-1)45(43-29-23-33-11-7-9-13-37(33)31-43)41-25-19-35(20-26-41)36-21-27-42(28-22-36)46(40-17-5-2-6-18-40)44-30-24-34-12-8-10-14-38(34)32-44;1-29-11-9-17-37(27-29)39(33-13-5-3-6-14-33)35-23-19-31(20-24-35)32-21-25-36(26-22-32)40(34-15-7-4-8-16-34)38-18-10-12-30(2)28-38;;1-2-3;/h2*1-32H;3-28H,1-2H3;1H4;3H;1H3/i;;;;;1TD. The summed E-state index contributed by atoms with van der Waals surface area (Å²) in [5, 5.41) is 9.84. The lowest BCUT2D eigenvalue weighted by Crippen LogP contribution is -2.10. The lowest BCUT2D eigenvalue weighted by atomic mass is 10.0. The highest BCUT2D eigenvalue weighted by Gasteiger charge is 2.22. The SMILES string of the molecule is C.Cc1cccc(N(c2ccccc2)c2ccc(-c3ccc(N(c4ccccc4)c4cccc(C)c4)cc3)cc2)c1.[2H]P[3H].[B]N=P.c1ccc(N(c2ccc(-c3ccc(N(c4ccccc4)c4ccc5ccccc5c4)cc3)cc2)c2ccc3ccccc3c2)cc1.c1ccc(N(c2ccc(-c3ccc(N(c4ccccc4)c4cccc5ccccc45)cc3)cc2)c2cccc3ccccc23)cc1. The van der Waals surface area contributed by atoms with Crippen LogP contribution in [0.4, 0.5) is 102 Å². The molecule has 0 saturated carbocycles. The van der Waals surface area contributed by atoms with E-state index in [0.717, 1.165) is 102 Å². The van der Waals surface area contributed by atoms with Crippen molar-refractivity contribution in [1.82, 2.24) is 0 Å². The summed E-state index contributed by atoms with van der Waals surface area (Å²) >= 11 is 0. The molecule has 0 N–H and O–H groups in total. The number of anilines is 18. The molecule has 22 aromatic rings. The molecule has 0 aliphatic carbocycles. The monoisotopic (exact) mass is 1800 g/mol. The van der Waals surface area contributed by atoms with Gasteiger partial charge in [-0.2, -0.15) is 9.79 Å². The van der Waals surface area contributed by atoms with Gasteiger partial charge in [-0.15, -0.1) is 0 Å². The maximum absolute atomic E-state index is 5.90. The van der Waals surface area contributed by atoms with Crippen molar-refractivity contribution in [2.24, 2.45) is 4.66 Å². The largest absolute Gasteiger partial charge is 0.344 e. The Hall–Kier alpha value is -16.7. The Morgan fingerprint density at radius 3 is 0.635 bits per heavy atom. The molecule has 0 bridgehead atoms. The molecule has 1 atom stereocenters. The van der Waals surface area contributed by atoms with Crippen LogP contribution in [0.25, 0.3) is 76.5 Å². The Kier molecular flexibility index (Phi) is 28.9. The molecule has 0 aliphatic rings. The fraction of sp³-hybridized carbons (Fsp3) is 0.0236. The molecule has 0 aromatic heterocycles. The van der Waals surface area contributed by atoms with Crippen molar-refractivity contribution < 1.29 is 0 Å². The van der Waals surface area contributed by atoms with Gasteiger partial charge in [0, 0.05) is 102 Å². The summed E-state index contributed by atoms with van der Waals surface area (Å²) in [5.41, 5.74) is 30.0. The molecule has 1 unspecified atom stereocenters. The molecule has 0 fully saturated rings. The summed E-state index contributed by atoms with van der Waals surface area (Å²) in [5.74, 6) is 0.